The van der Waals surface area contributed by atoms with Gasteiger partial charge in [-0.1, -0.05) is 31.9 Å². The quantitative estimate of drug-likeness (QED) is 0.856. The van der Waals surface area contributed by atoms with E-state index >= 15 is 0 Å². The number of halogens is 1. The Morgan fingerprint density at radius 2 is 2.22 bits per heavy atom. The standard InChI is InChI=1S/C14H20FNOS/c1-10-4-2-6-12(8-10)18(17)9-11-5-3-7-13(16)14(11)15/h3,5,7,10,12H,2,4,6,8-9,16H2,1H3. The number of hydrogen-bond donors (Lipinski definition) is 1. The maximum Gasteiger partial charge on any atom is 0.150 e. The van der Waals surface area contributed by atoms with E-state index in [1.165, 1.54) is 12.5 Å². The lowest BCUT2D eigenvalue weighted by Crippen LogP contribution is -2.24. The van der Waals surface area contributed by atoms with Gasteiger partial charge in [-0.05, 0) is 24.8 Å². The summed E-state index contributed by atoms with van der Waals surface area (Å²) in [7, 11) is -0.992. The van der Waals surface area contributed by atoms with Crippen molar-refractivity contribution in [3.8, 4) is 0 Å². The van der Waals surface area contributed by atoms with E-state index in [1.807, 2.05) is 0 Å². The maximum atomic E-state index is 13.7. The zero-order chi connectivity index (χ0) is 13.1. The minimum atomic E-state index is -0.992. The van der Waals surface area contributed by atoms with Gasteiger partial charge in [-0.3, -0.25) is 4.21 Å². The summed E-state index contributed by atoms with van der Waals surface area (Å²) in [4.78, 5) is 0. The summed E-state index contributed by atoms with van der Waals surface area (Å²) in [5.41, 5.74) is 6.14. The molecule has 0 heterocycles. The summed E-state index contributed by atoms with van der Waals surface area (Å²) < 4.78 is 26.0. The van der Waals surface area contributed by atoms with Crippen molar-refractivity contribution in [3.05, 3.63) is 29.6 Å². The Balaban J connectivity index is 2.04. The lowest BCUT2D eigenvalue weighted by Gasteiger charge is -2.26. The molecule has 0 bridgehead atoms. The highest BCUT2D eigenvalue weighted by Crippen LogP contribution is 2.28. The van der Waals surface area contributed by atoms with Crippen LogP contribution in [-0.4, -0.2) is 9.46 Å². The van der Waals surface area contributed by atoms with Gasteiger partial charge in [-0.25, -0.2) is 4.39 Å². The van der Waals surface area contributed by atoms with E-state index in [1.54, 1.807) is 12.1 Å². The van der Waals surface area contributed by atoms with Gasteiger partial charge in [-0.2, -0.15) is 0 Å². The Morgan fingerprint density at radius 1 is 1.44 bits per heavy atom. The molecule has 2 nitrogen and oxygen atoms in total. The largest absolute Gasteiger partial charge is 0.396 e. The second kappa shape index (κ2) is 5.83. The van der Waals surface area contributed by atoms with Crippen molar-refractivity contribution >= 4 is 16.5 Å². The van der Waals surface area contributed by atoms with Crippen LogP contribution >= 0.6 is 0 Å². The third kappa shape index (κ3) is 3.10. The van der Waals surface area contributed by atoms with Gasteiger partial charge in [0.25, 0.3) is 0 Å². The Morgan fingerprint density at radius 3 is 2.94 bits per heavy atom. The van der Waals surface area contributed by atoms with Crippen LogP contribution in [0.25, 0.3) is 0 Å². The number of rotatable bonds is 3. The molecule has 0 amide bonds. The number of anilines is 1. The molecule has 18 heavy (non-hydrogen) atoms. The zero-order valence-electron chi connectivity index (χ0n) is 10.7. The minimum absolute atomic E-state index is 0.140. The second-order valence-corrected chi connectivity index (χ2v) is 6.96. The SMILES string of the molecule is CC1CCCC(S(=O)Cc2cccc(N)c2F)C1. The maximum absolute atomic E-state index is 13.7. The third-order valence-corrected chi connectivity index (χ3v) is 5.43. The zero-order valence-corrected chi connectivity index (χ0v) is 11.5. The molecule has 2 rings (SSSR count). The molecule has 4 heteroatoms. The molecule has 0 spiro atoms. The fourth-order valence-corrected chi connectivity index (χ4v) is 4.34. The molecule has 0 aromatic heterocycles. The molecule has 3 atom stereocenters. The Kier molecular flexibility index (Phi) is 4.38. The molecule has 1 fully saturated rings. The van der Waals surface area contributed by atoms with E-state index in [-0.39, 0.29) is 16.7 Å². The monoisotopic (exact) mass is 269 g/mol. The first-order chi connectivity index (χ1) is 8.58. The Hall–Kier alpha value is -0.900. The van der Waals surface area contributed by atoms with E-state index in [9.17, 15) is 8.60 Å². The lowest BCUT2D eigenvalue weighted by atomic mass is 9.91. The van der Waals surface area contributed by atoms with Crippen molar-refractivity contribution in [1.82, 2.24) is 0 Å². The van der Waals surface area contributed by atoms with Gasteiger partial charge in [0.15, 0.2) is 0 Å². The van der Waals surface area contributed by atoms with E-state index in [4.69, 9.17) is 5.73 Å². The highest BCUT2D eigenvalue weighted by molar-refractivity contribution is 7.84. The molecule has 1 aliphatic carbocycles. The molecule has 2 N–H and O–H groups in total. The van der Waals surface area contributed by atoms with Crippen molar-refractivity contribution < 1.29 is 8.60 Å². The first-order valence-corrected chi connectivity index (χ1v) is 7.86. The fraction of sp³-hybridized carbons (Fsp3) is 0.571. The van der Waals surface area contributed by atoms with Crippen LogP contribution in [0.15, 0.2) is 18.2 Å². The molecule has 0 saturated heterocycles. The van der Waals surface area contributed by atoms with Crippen molar-refractivity contribution in [2.45, 2.75) is 43.6 Å². The molecule has 1 saturated carbocycles. The van der Waals surface area contributed by atoms with Crippen LogP contribution in [0.2, 0.25) is 0 Å². The molecular formula is C14H20FNOS. The molecule has 0 aliphatic heterocycles. The topological polar surface area (TPSA) is 43.1 Å². The van der Waals surface area contributed by atoms with Gasteiger partial charge in [0, 0.05) is 21.6 Å². The van der Waals surface area contributed by atoms with E-state index in [2.05, 4.69) is 6.92 Å². The van der Waals surface area contributed by atoms with Gasteiger partial charge in [-0.15, -0.1) is 0 Å². The summed E-state index contributed by atoms with van der Waals surface area (Å²) in [5.74, 6) is 0.516. The molecule has 1 aromatic carbocycles. The van der Waals surface area contributed by atoms with Crippen LogP contribution < -0.4 is 5.73 Å². The summed E-state index contributed by atoms with van der Waals surface area (Å²) in [6, 6.07) is 4.93. The average molecular weight is 269 g/mol. The predicted molar refractivity (Wildman–Crippen MR) is 74.1 cm³/mol. The molecule has 0 radical (unpaired) electrons. The van der Waals surface area contributed by atoms with Crippen LogP contribution in [-0.2, 0) is 16.6 Å². The lowest BCUT2D eigenvalue weighted by molar-refractivity contribution is 0.389. The third-order valence-electron chi connectivity index (χ3n) is 3.67. The van der Waals surface area contributed by atoms with Gasteiger partial charge >= 0.3 is 0 Å². The van der Waals surface area contributed by atoms with Crippen LogP contribution in [0.1, 0.15) is 38.2 Å². The van der Waals surface area contributed by atoms with Crippen molar-refractivity contribution in [1.29, 1.82) is 0 Å². The number of nitrogens with two attached hydrogens (primary N) is 1. The van der Waals surface area contributed by atoms with Gasteiger partial charge in [0.1, 0.15) is 5.82 Å². The van der Waals surface area contributed by atoms with Gasteiger partial charge < -0.3 is 5.73 Å². The number of hydrogen-bond acceptors (Lipinski definition) is 2. The minimum Gasteiger partial charge on any atom is -0.396 e. The van der Waals surface area contributed by atoms with Crippen molar-refractivity contribution in [2.75, 3.05) is 5.73 Å². The smallest absolute Gasteiger partial charge is 0.150 e. The molecule has 1 aliphatic rings. The average Bonchev–Trinajstić information content (AvgIpc) is 2.35. The Labute approximate surface area is 110 Å². The second-order valence-electron chi connectivity index (χ2n) is 5.24. The number of nitrogen functional groups attached to an aromatic ring is 1. The van der Waals surface area contributed by atoms with Gasteiger partial charge in [0.05, 0.1) is 11.4 Å². The van der Waals surface area contributed by atoms with Crippen LogP contribution in [0.5, 0.6) is 0 Å². The van der Waals surface area contributed by atoms with E-state index in [0.717, 1.165) is 19.3 Å². The summed E-state index contributed by atoms with van der Waals surface area (Å²) in [5, 5.41) is 0.217. The van der Waals surface area contributed by atoms with E-state index in [0.29, 0.717) is 11.5 Å². The normalized spacial score (nSPS) is 25.9. The van der Waals surface area contributed by atoms with Crippen LogP contribution in [0.3, 0.4) is 0 Å². The summed E-state index contributed by atoms with van der Waals surface area (Å²) in [6.45, 7) is 2.20. The van der Waals surface area contributed by atoms with Crippen LogP contribution in [0, 0.1) is 11.7 Å². The highest BCUT2D eigenvalue weighted by Gasteiger charge is 2.24. The molecule has 1 aromatic rings. The van der Waals surface area contributed by atoms with Crippen LogP contribution in [0.4, 0.5) is 10.1 Å². The first kappa shape index (κ1) is 13.5. The van der Waals surface area contributed by atoms with Crippen molar-refractivity contribution in [3.63, 3.8) is 0 Å². The number of benzene rings is 1. The molecular weight excluding hydrogens is 249 g/mol. The summed E-state index contributed by atoms with van der Waals surface area (Å²) in [6.07, 6.45) is 4.36. The Bertz CT molecular complexity index is 449. The molecule has 3 unspecified atom stereocenters. The van der Waals surface area contributed by atoms with E-state index < -0.39 is 16.6 Å². The first-order valence-electron chi connectivity index (χ1n) is 6.48. The predicted octanol–water partition coefficient (Wildman–Crippen LogP) is 3.24. The highest BCUT2D eigenvalue weighted by atomic mass is 32.2. The molecule has 100 valence electrons. The van der Waals surface area contributed by atoms with Gasteiger partial charge in [0.2, 0.25) is 0 Å². The summed E-state index contributed by atoms with van der Waals surface area (Å²) >= 11 is 0. The van der Waals surface area contributed by atoms with Crippen molar-refractivity contribution in [2.24, 2.45) is 5.92 Å². The fourth-order valence-electron chi connectivity index (χ4n) is 2.60.